The molecule has 0 bridgehead atoms. The number of aliphatic hydroxyl groups is 1. The number of halogens is 1. The highest BCUT2D eigenvalue weighted by molar-refractivity contribution is 9.10. The van der Waals surface area contributed by atoms with Gasteiger partial charge < -0.3 is 9.67 Å². The van der Waals surface area contributed by atoms with Gasteiger partial charge in [0.25, 0.3) is 0 Å². The van der Waals surface area contributed by atoms with Crippen molar-refractivity contribution >= 4 is 15.9 Å². The van der Waals surface area contributed by atoms with E-state index in [2.05, 4.69) is 36.6 Å². The summed E-state index contributed by atoms with van der Waals surface area (Å²) in [6.45, 7) is 2.60. The molecule has 0 radical (unpaired) electrons. The highest BCUT2D eigenvalue weighted by Gasteiger charge is 2.35. The third-order valence-corrected chi connectivity index (χ3v) is 5.35. The number of imidazole rings is 1. The molecule has 7 heteroatoms. The summed E-state index contributed by atoms with van der Waals surface area (Å²) in [5.41, 5.74) is 4.10. The van der Waals surface area contributed by atoms with Gasteiger partial charge in [0.1, 0.15) is 6.10 Å². The second-order valence-electron chi connectivity index (χ2n) is 6.54. The van der Waals surface area contributed by atoms with Gasteiger partial charge in [0, 0.05) is 10.0 Å². The average molecular weight is 386 g/mol. The molecular formula is C17H16BrN5O. The zero-order valence-electron chi connectivity index (χ0n) is 13.1. The van der Waals surface area contributed by atoms with E-state index in [1.165, 1.54) is 0 Å². The monoisotopic (exact) mass is 385 g/mol. The van der Waals surface area contributed by atoms with Gasteiger partial charge in [-0.25, -0.2) is 14.6 Å². The van der Waals surface area contributed by atoms with Gasteiger partial charge in [0.15, 0.2) is 11.6 Å². The Morgan fingerprint density at radius 3 is 2.96 bits per heavy atom. The van der Waals surface area contributed by atoms with Gasteiger partial charge in [-0.15, -0.1) is 0 Å². The van der Waals surface area contributed by atoms with Crippen molar-refractivity contribution in [3.8, 4) is 17.1 Å². The number of hydrogen-bond donors (Lipinski definition) is 1. The summed E-state index contributed by atoms with van der Waals surface area (Å²) < 4.78 is 4.98. The van der Waals surface area contributed by atoms with Gasteiger partial charge in [-0.05, 0) is 43.9 Å². The zero-order valence-corrected chi connectivity index (χ0v) is 14.7. The highest BCUT2D eigenvalue weighted by Crippen LogP contribution is 2.41. The maximum atomic E-state index is 10.4. The van der Waals surface area contributed by atoms with Crippen LogP contribution in [0.25, 0.3) is 17.1 Å². The predicted octanol–water partition coefficient (Wildman–Crippen LogP) is 3.01. The molecule has 6 nitrogen and oxygen atoms in total. The second kappa shape index (κ2) is 5.00. The lowest BCUT2D eigenvalue weighted by molar-refractivity contribution is 0.144. The van der Waals surface area contributed by atoms with E-state index in [1.54, 1.807) is 0 Å². The maximum absolute atomic E-state index is 10.4. The smallest absolute Gasteiger partial charge is 0.180 e. The molecule has 1 atom stereocenters. The Morgan fingerprint density at radius 2 is 2.17 bits per heavy atom. The fourth-order valence-corrected chi connectivity index (χ4v) is 3.68. The van der Waals surface area contributed by atoms with Crippen molar-refractivity contribution in [2.75, 3.05) is 0 Å². The van der Waals surface area contributed by atoms with Crippen LogP contribution in [0.2, 0.25) is 0 Å². The molecule has 0 spiro atoms. The van der Waals surface area contributed by atoms with Crippen molar-refractivity contribution in [1.29, 1.82) is 0 Å². The molecule has 1 saturated carbocycles. The van der Waals surface area contributed by atoms with Gasteiger partial charge in [-0.2, -0.15) is 5.10 Å². The molecule has 0 amide bonds. The van der Waals surface area contributed by atoms with Crippen LogP contribution in [-0.4, -0.2) is 29.4 Å². The molecule has 2 aromatic heterocycles. The molecule has 5 rings (SSSR count). The molecule has 1 N–H and O–H groups in total. The number of nitrogens with zero attached hydrogens (tertiary/aromatic N) is 5. The van der Waals surface area contributed by atoms with Gasteiger partial charge in [-0.3, -0.25) is 0 Å². The molecule has 1 aliphatic heterocycles. The van der Waals surface area contributed by atoms with Crippen molar-refractivity contribution in [3.05, 3.63) is 46.2 Å². The molecule has 0 saturated heterocycles. The third kappa shape index (κ3) is 2.08. The van der Waals surface area contributed by atoms with Gasteiger partial charge >= 0.3 is 0 Å². The first kappa shape index (κ1) is 14.4. The van der Waals surface area contributed by atoms with E-state index >= 15 is 0 Å². The van der Waals surface area contributed by atoms with E-state index in [1.807, 2.05) is 30.1 Å². The van der Waals surface area contributed by atoms with E-state index in [4.69, 9.17) is 4.98 Å². The van der Waals surface area contributed by atoms with Crippen LogP contribution in [0, 0.1) is 12.8 Å². The number of fused-ring (bicyclic) bond motifs is 5. The lowest BCUT2D eigenvalue weighted by Gasteiger charge is -2.09. The van der Waals surface area contributed by atoms with Crippen LogP contribution in [-0.2, 0) is 6.54 Å². The Kier molecular flexibility index (Phi) is 2.99. The molecular weight excluding hydrogens is 370 g/mol. The minimum atomic E-state index is -0.564. The summed E-state index contributed by atoms with van der Waals surface area (Å²) in [7, 11) is 0. The van der Waals surface area contributed by atoms with Crippen LogP contribution in [0.5, 0.6) is 0 Å². The molecule has 2 aliphatic rings. The maximum Gasteiger partial charge on any atom is 0.180 e. The molecule has 1 unspecified atom stereocenters. The van der Waals surface area contributed by atoms with Gasteiger partial charge in [-0.1, -0.05) is 15.9 Å². The Labute approximate surface area is 147 Å². The Hall–Kier alpha value is -1.99. The molecule has 122 valence electrons. The number of hydrogen-bond acceptors (Lipinski definition) is 4. The first-order chi connectivity index (χ1) is 11.6. The Morgan fingerprint density at radius 1 is 1.33 bits per heavy atom. The van der Waals surface area contributed by atoms with Crippen molar-refractivity contribution < 1.29 is 5.11 Å². The van der Waals surface area contributed by atoms with Crippen LogP contribution in [0.3, 0.4) is 0 Å². The largest absolute Gasteiger partial charge is 0.385 e. The van der Waals surface area contributed by atoms with E-state index in [0.29, 0.717) is 18.3 Å². The van der Waals surface area contributed by atoms with Crippen LogP contribution >= 0.6 is 15.9 Å². The van der Waals surface area contributed by atoms with Crippen molar-refractivity contribution in [3.63, 3.8) is 0 Å². The second-order valence-corrected chi connectivity index (χ2v) is 7.46. The number of aliphatic hydroxyl groups excluding tert-OH is 1. The molecule has 3 heterocycles. The van der Waals surface area contributed by atoms with Crippen molar-refractivity contribution in [2.24, 2.45) is 5.92 Å². The molecule has 1 aromatic carbocycles. The van der Waals surface area contributed by atoms with Crippen LogP contribution in [0.1, 0.15) is 36.2 Å². The highest BCUT2D eigenvalue weighted by atomic mass is 79.9. The Balaban J connectivity index is 1.75. The van der Waals surface area contributed by atoms with E-state index in [-0.39, 0.29) is 0 Å². The first-order valence-corrected chi connectivity index (χ1v) is 8.87. The minimum Gasteiger partial charge on any atom is -0.385 e. The molecule has 24 heavy (non-hydrogen) atoms. The van der Waals surface area contributed by atoms with E-state index in [0.717, 1.165) is 45.8 Å². The lowest BCUT2D eigenvalue weighted by atomic mass is 10.1. The van der Waals surface area contributed by atoms with Crippen molar-refractivity contribution in [2.45, 2.75) is 32.4 Å². The van der Waals surface area contributed by atoms with E-state index < -0.39 is 6.10 Å². The molecule has 3 aromatic rings. The number of benzene rings is 1. The van der Waals surface area contributed by atoms with Crippen LogP contribution < -0.4 is 0 Å². The summed E-state index contributed by atoms with van der Waals surface area (Å²) >= 11 is 3.55. The van der Waals surface area contributed by atoms with Gasteiger partial charge in [0.2, 0.25) is 0 Å². The number of rotatable bonds is 2. The summed E-state index contributed by atoms with van der Waals surface area (Å²) in [6.07, 6.45) is 3.40. The quantitative estimate of drug-likeness (QED) is 0.575. The van der Waals surface area contributed by atoms with Crippen LogP contribution in [0.15, 0.2) is 29.0 Å². The lowest BCUT2D eigenvalue weighted by Crippen LogP contribution is -2.08. The fraction of sp³-hybridized carbons (Fsp3) is 0.353. The summed E-state index contributed by atoms with van der Waals surface area (Å²) in [5.74, 6) is 1.64. The number of aromatic nitrogens is 5. The minimum absolute atomic E-state index is 0.311. The topological polar surface area (TPSA) is 68.8 Å². The zero-order chi connectivity index (χ0) is 16.4. The third-order valence-electron chi connectivity index (χ3n) is 4.86. The molecule has 1 fully saturated rings. The van der Waals surface area contributed by atoms with Crippen molar-refractivity contribution in [1.82, 2.24) is 24.3 Å². The molecule has 1 aliphatic carbocycles. The van der Waals surface area contributed by atoms with Gasteiger partial charge in [0.05, 0.1) is 29.9 Å². The van der Waals surface area contributed by atoms with E-state index in [9.17, 15) is 5.11 Å². The number of aryl methyl sites for hydroxylation is 1. The fourth-order valence-electron chi connectivity index (χ4n) is 3.32. The Bertz CT molecular complexity index is 956. The summed E-state index contributed by atoms with van der Waals surface area (Å²) in [6, 6.07) is 6.13. The normalized spacial score (nSPS) is 17.0. The average Bonchev–Trinajstić information content (AvgIpc) is 3.27. The van der Waals surface area contributed by atoms with Crippen LogP contribution in [0.4, 0.5) is 0 Å². The summed E-state index contributed by atoms with van der Waals surface area (Å²) in [5, 5.41) is 15.0. The SMILES string of the molecule is Cc1ncn2c1Cn1nc(C(O)C3CC3)nc1-c1cc(Br)ccc1-2. The summed E-state index contributed by atoms with van der Waals surface area (Å²) in [4.78, 5) is 9.15. The predicted molar refractivity (Wildman–Crippen MR) is 91.8 cm³/mol. The first-order valence-electron chi connectivity index (χ1n) is 8.08. The standard InChI is InChI=1S/C17H16BrN5O/c1-9-14-7-23-17(20-16(21-23)15(24)10-2-3-10)12-6-11(18)4-5-13(12)22(14)8-19-9/h4-6,8,10,15,24H,2-3,7H2,1H3.